The predicted octanol–water partition coefficient (Wildman–Crippen LogP) is 9.25. The first-order valence-corrected chi connectivity index (χ1v) is 12.6. The Labute approximate surface area is 215 Å². The third kappa shape index (κ3) is 3.84. The topological polar surface area (TPSA) is 25.8 Å². The Morgan fingerprint density at radius 3 is 1.59 bits per heavy atom. The molecule has 2 nitrogen and oxygen atoms in total. The lowest BCUT2D eigenvalue weighted by Gasteiger charge is -2.13. The second kappa shape index (κ2) is 8.69. The molecule has 0 spiro atoms. The third-order valence-electron chi connectivity index (χ3n) is 7.17. The molecule has 0 aliphatic rings. The molecule has 2 heteroatoms. The van der Waals surface area contributed by atoms with Crippen molar-refractivity contribution < 1.29 is 0 Å². The molecule has 0 fully saturated rings. The predicted molar refractivity (Wildman–Crippen MR) is 156 cm³/mol. The zero-order chi connectivity index (χ0) is 24.8. The number of aryl methyl sites for hydroxylation is 1. The molecule has 0 aliphatic heterocycles. The van der Waals surface area contributed by atoms with Crippen molar-refractivity contribution in [2.24, 2.45) is 0 Å². The van der Waals surface area contributed by atoms with Gasteiger partial charge in [0.25, 0.3) is 0 Å². The van der Waals surface area contributed by atoms with Crippen LogP contribution in [-0.4, -0.2) is 9.97 Å². The molecule has 2 heterocycles. The van der Waals surface area contributed by atoms with Crippen molar-refractivity contribution in [2.45, 2.75) is 6.92 Å². The van der Waals surface area contributed by atoms with Crippen molar-refractivity contribution >= 4 is 32.6 Å². The quantitative estimate of drug-likeness (QED) is 0.240. The fourth-order valence-electron chi connectivity index (χ4n) is 5.18. The summed E-state index contributed by atoms with van der Waals surface area (Å²) in [7, 11) is 0. The molecular weight excluding hydrogens is 448 g/mol. The number of nitrogens with zero attached hydrogens (tertiary/aromatic N) is 2. The van der Waals surface area contributed by atoms with Crippen LogP contribution in [0.25, 0.3) is 66.0 Å². The first-order chi connectivity index (χ1) is 18.2. The lowest BCUT2D eigenvalue weighted by Crippen LogP contribution is -1.91. The number of hydrogen-bond donors (Lipinski definition) is 0. The molecule has 7 aromatic rings. The fourth-order valence-corrected chi connectivity index (χ4v) is 5.18. The smallest absolute Gasteiger partial charge is 0.0965 e. The summed E-state index contributed by atoms with van der Waals surface area (Å²) in [4.78, 5) is 9.81. The van der Waals surface area contributed by atoms with Crippen LogP contribution >= 0.6 is 0 Å². The van der Waals surface area contributed by atoms with E-state index in [1.54, 1.807) is 0 Å². The number of fused-ring (bicyclic) bond motifs is 4. The summed E-state index contributed by atoms with van der Waals surface area (Å²) in [5.41, 5.74) is 10.1. The van der Waals surface area contributed by atoms with E-state index >= 15 is 0 Å². The van der Waals surface area contributed by atoms with E-state index < -0.39 is 0 Å². The molecule has 0 amide bonds. The Morgan fingerprint density at radius 2 is 0.946 bits per heavy atom. The molecule has 0 saturated carbocycles. The number of rotatable bonds is 3. The largest absolute Gasteiger partial charge is 0.253 e. The molecule has 0 N–H and O–H groups in total. The zero-order valence-corrected chi connectivity index (χ0v) is 20.5. The summed E-state index contributed by atoms with van der Waals surface area (Å²) in [6.07, 6.45) is 3.95. The number of pyridine rings is 2. The highest BCUT2D eigenvalue weighted by molar-refractivity contribution is 6.05. The second-order valence-corrected chi connectivity index (χ2v) is 9.63. The van der Waals surface area contributed by atoms with Crippen LogP contribution in [0, 0.1) is 6.92 Å². The Hall–Kier alpha value is -4.82. The van der Waals surface area contributed by atoms with Crippen LogP contribution in [-0.2, 0) is 0 Å². The van der Waals surface area contributed by atoms with Crippen LogP contribution in [0.5, 0.6) is 0 Å². The van der Waals surface area contributed by atoms with Crippen LogP contribution in [0.15, 0.2) is 128 Å². The van der Waals surface area contributed by atoms with Gasteiger partial charge in [-0.3, -0.25) is 9.97 Å². The molecule has 37 heavy (non-hydrogen) atoms. The average Bonchev–Trinajstić information content (AvgIpc) is 2.96. The summed E-state index contributed by atoms with van der Waals surface area (Å²) < 4.78 is 0. The normalized spacial score (nSPS) is 11.4. The molecular formula is C35H24N2. The highest BCUT2D eigenvalue weighted by Gasteiger charge is 2.12. The van der Waals surface area contributed by atoms with Crippen molar-refractivity contribution in [3.8, 4) is 33.4 Å². The van der Waals surface area contributed by atoms with E-state index in [1.165, 1.54) is 38.6 Å². The van der Waals surface area contributed by atoms with Gasteiger partial charge in [0.05, 0.1) is 11.0 Å². The summed E-state index contributed by atoms with van der Waals surface area (Å²) in [6.45, 7) is 2.11. The molecule has 0 atom stereocenters. The molecule has 0 radical (unpaired) electrons. The molecule has 2 aromatic heterocycles. The minimum Gasteiger partial charge on any atom is -0.253 e. The Bertz CT molecular complexity index is 1920. The van der Waals surface area contributed by atoms with Crippen molar-refractivity contribution in [2.75, 3.05) is 0 Å². The van der Waals surface area contributed by atoms with E-state index in [2.05, 4.69) is 122 Å². The summed E-state index contributed by atoms with van der Waals surface area (Å²) in [5, 5.41) is 4.65. The van der Waals surface area contributed by atoms with Crippen molar-refractivity contribution in [1.82, 2.24) is 9.97 Å². The molecule has 0 saturated heterocycles. The van der Waals surface area contributed by atoms with E-state index in [1.807, 2.05) is 12.4 Å². The Balaban J connectivity index is 1.38. The average molecular weight is 473 g/mol. The van der Waals surface area contributed by atoms with Gasteiger partial charge in [-0.1, -0.05) is 96.6 Å². The highest BCUT2D eigenvalue weighted by atomic mass is 14.7. The van der Waals surface area contributed by atoms with Crippen LogP contribution in [0.3, 0.4) is 0 Å². The maximum atomic E-state index is 4.95. The number of hydrogen-bond acceptors (Lipinski definition) is 2. The molecule has 0 aliphatic carbocycles. The minimum atomic E-state index is 0.929. The fraction of sp³-hybridized carbons (Fsp3) is 0.0286. The van der Waals surface area contributed by atoms with Crippen molar-refractivity contribution in [3.63, 3.8) is 0 Å². The molecule has 5 aromatic carbocycles. The number of aromatic nitrogens is 2. The number of benzene rings is 5. The first-order valence-electron chi connectivity index (χ1n) is 12.6. The van der Waals surface area contributed by atoms with Crippen LogP contribution in [0.1, 0.15) is 5.56 Å². The van der Waals surface area contributed by atoms with Crippen molar-refractivity contribution in [3.05, 3.63) is 133 Å². The van der Waals surface area contributed by atoms with Gasteiger partial charge in [0.1, 0.15) is 0 Å². The van der Waals surface area contributed by atoms with E-state index in [0.717, 1.165) is 32.9 Å². The van der Waals surface area contributed by atoms with E-state index in [-0.39, 0.29) is 0 Å². The van der Waals surface area contributed by atoms with Gasteiger partial charge < -0.3 is 0 Å². The van der Waals surface area contributed by atoms with E-state index in [9.17, 15) is 0 Å². The van der Waals surface area contributed by atoms with Gasteiger partial charge in [0, 0.05) is 34.3 Å². The maximum Gasteiger partial charge on any atom is 0.0965 e. The minimum absolute atomic E-state index is 0.929. The highest BCUT2D eigenvalue weighted by Crippen LogP contribution is 2.37. The maximum absolute atomic E-state index is 4.95. The molecule has 174 valence electrons. The van der Waals surface area contributed by atoms with Gasteiger partial charge in [0.15, 0.2) is 0 Å². The third-order valence-corrected chi connectivity index (χ3v) is 7.17. The van der Waals surface area contributed by atoms with Gasteiger partial charge in [-0.25, -0.2) is 0 Å². The summed E-state index contributed by atoms with van der Waals surface area (Å²) in [6, 6.07) is 41.0. The molecule has 7 rings (SSSR count). The zero-order valence-electron chi connectivity index (χ0n) is 20.5. The van der Waals surface area contributed by atoms with Crippen LogP contribution < -0.4 is 0 Å². The Morgan fingerprint density at radius 1 is 0.405 bits per heavy atom. The monoisotopic (exact) mass is 472 g/mol. The van der Waals surface area contributed by atoms with Crippen LogP contribution in [0.4, 0.5) is 0 Å². The van der Waals surface area contributed by atoms with Gasteiger partial charge in [-0.15, -0.1) is 0 Å². The summed E-state index contributed by atoms with van der Waals surface area (Å²) in [5.74, 6) is 0. The lowest BCUT2D eigenvalue weighted by atomic mass is 9.91. The van der Waals surface area contributed by atoms with E-state index in [4.69, 9.17) is 9.97 Å². The molecule has 0 bridgehead atoms. The van der Waals surface area contributed by atoms with Gasteiger partial charge in [-0.2, -0.15) is 0 Å². The SMILES string of the molecule is Cc1ccc(-c2cnc3c(ccc4cc(-c5cc6ccccc6cc5-c5ccccc5)cnc43)c2)cc1. The molecule has 0 unspecified atom stereocenters. The standard InChI is InChI=1S/C35H24N2/c1-23-11-13-24(14-12-23)30-17-28-15-16-29-18-31(22-37-35(29)34(28)36-21-30)33-20-27-10-6-5-9-26(27)19-32(33)25-7-3-2-4-8-25/h2-22H,1H3. The van der Waals surface area contributed by atoms with Crippen molar-refractivity contribution in [1.29, 1.82) is 0 Å². The van der Waals surface area contributed by atoms with Gasteiger partial charge >= 0.3 is 0 Å². The van der Waals surface area contributed by atoms with Crippen LogP contribution in [0.2, 0.25) is 0 Å². The second-order valence-electron chi connectivity index (χ2n) is 9.63. The van der Waals surface area contributed by atoms with Gasteiger partial charge in [0.2, 0.25) is 0 Å². The first kappa shape index (κ1) is 21.5. The van der Waals surface area contributed by atoms with Gasteiger partial charge in [-0.05, 0) is 64.2 Å². The lowest BCUT2D eigenvalue weighted by molar-refractivity contribution is 1.37. The summed E-state index contributed by atoms with van der Waals surface area (Å²) >= 11 is 0. The Kier molecular flexibility index (Phi) is 5.04. The van der Waals surface area contributed by atoms with E-state index in [0.29, 0.717) is 0 Å².